The van der Waals surface area contributed by atoms with Crippen LogP contribution in [-0.2, 0) is 9.59 Å². The topological polar surface area (TPSA) is 121 Å². The van der Waals surface area contributed by atoms with E-state index in [-0.39, 0.29) is 57.9 Å². The molecule has 3 amide bonds. The van der Waals surface area contributed by atoms with Gasteiger partial charge in [0.05, 0.1) is 19.0 Å². The molecule has 2 N–H and O–H groups in total. The molecule has 1 atom stereocenters. The van der Waals surface area contributed by atoms with Gasteiger partial charge in [-0.1, -0.05) is 0 Å². The minimum absolute atomic E-state index is 0.0157. The molecule has 2 spiro atoms. The van der Waals surface area contributed by atoms with Crippen LogP contribution in [0.2, 0.25) is 0 Å². The van der Waals surface area contributed by atoms with Gasteiger partial charge in [-0.05, 0) is 70.8 Å². The van der Waals surface area contributed by atoms with Gasteiger partial charge >= 0.3 is 0 Å². The Bertz CT molecular complexity index is 1320. The zero-order valence-electron chi connectivity index (χ0n) is 23.2. The number of hydrogen-bond donors (Lipinski definition) is 2. The molecule has 10 nitrogen and oxygen atoms in total. The van der Waals surface area contributed by atoms with Crippen LogP contribution in [0.15, 0.2) is 18.3 Å². The Morgan fingerprint density at radius 3 is 2.62 bits per heavy atom. The second kappa shape index (κ2) is 10.2. The second-order valence-electron chi connectivity index (χ2n) is 11.9. The minimum Gasteiger partial charge on any atom is -0.481 e. The number of rotatable bonds is 6. The number of carbonyl (C=O) groups is 3. The third kappa shape index (κ3) is 4.62. The lowest BCUT2D eigenvalue weighted by Gasteiger charge is -2.44. The van der Waals surface area contributed by atoms with Crippen LogP contribution in [0.3, 0.4) is 0 Å². The lowest BCUT2D eigenvalue weighted by molar-refractivity contribution is -0.133. The normalized spacial score (nSPS) is 27.3. The summed E-state index contributed by atoms with van der Waals surface area (Å²) in [4.78, 5) is 46.8. The summed E-state index contributed by atoms with van der Waals surface area (Å²) in [6.45, 7) is 3.29. The van der Waals surface area contributed by atoms with Gasteiger partial charge in [-0.15, -0.1) is 0 Å². The van der Waals surface area contributed by atoms with Crippen LogP contribution in [0.4, 0.5) is 4.39 Å². The number of nitrogens with one attached hydrogen (secondary N) is 2. The van der Waals surface area contributed by atoms with Crippen molar-refractivity contribution in [2.45, 2.75) is 88.3 Å². The van der Waals surface area contributed by atoms with E-state index in [0.29, 0.717) is 31.5 Å². The highest BCUT2D eigenvalue weighted by atomic mass is 19.1. The number of carbonyl (C=O) groups excluding carboxylic acids is 3. The minimum atomic E-state index is -0.540. The summed E-state index contributed by atoms with van der Waals surface area (Å²) in [5.74, 6) is -0.266. The first-order chi connectivity index (χ1) is 19.3. The molecular formula is C29H37FN6O4. The molecule has 40 heavy (non-hydrogen) atoms. The van der Waals surface area contributed by atoms with E-state index in [1.54, 1.807) is 6.07 Å². The van der Waals surface area contributed by atoms with E-state index in [9.17, 15) is 18.8 Å². The van der Waals surface area contributed by atoms with Gasteiger partial charge in [0, 0.05) is 54.2 Å². The number of aromatic amines is 1. The van der Waals surface area contributed by atoms with E-state index < -0.39 is 5.82 Å². The first kappa shape index (κ1) is 26.7. The SMILES string of the molecule is CCN1C(=O)CC[C@]12CC[C@H](NC(=O)[C@@H]1CCN(C(=O)c3cc(-c4cc(OC)ncc4F)[nH]n3)C3(CC3)C1)CC2. The van der Waals surface area contributed by atoms with Crippen molar-refractivity contribution in [1.29, 1.82) is 0 Å². The average molecular weight is 553 g/mol. The highest BCUT2D eigenvalue weighted by molar-refractivity contribution is 5.94. The Balaban J connectivity index is 1.06. The van der Waals surface area contributed by atoms with E-state index in [4.69, 9.17) is 4.74 Å². The standard InChI is InChI=1S/C29H37FN6O4/c1-3-35-25(37)6-10-28(35)8-4-19(5-9-28)32-26(38)18-7-13-36(29(16-18)11-12-29)27(39)23-15-22(33-34-23)20-14-24(40-2)31-17-21(20)30/h14-15,17-19H,3-13,16H2,1-2H3,(H,32,38)(H,33,34)/t18-,19-,28+/m1/s1. The maximum atomic E-state index is 14.4. The molecule has 2 aromatic heterocycles. The number of ether oxygens (including phenoxy) is 1. The molecule has 2 aromatic rings. The van der Waals surface area contributed by atoms with Gasteiger partial charge in [0.2, 0.25) is 17.7 Å². The first-order valence-corrected chi connectivity index (χ1v) is 14.5. The molecule has 214 valence electrons. The number of nitrogens with zero attached hydrogens (tertiary/aromatic N) is 4. The van der Waals surface area contributed by atoms with Crippen LogP contribution < -0.4 is 10.1 Å². The predicted octanol–water partition coefficient (Wildman–Crippen LogP) is 3.44. The van der Waals surface area contributed by atoms with Crippen LogP contribution >= 0.6 is 0 Å². The molecule has 4 heterocycles. The highest BCUT2D eigenvalue weighted by Gasteiger charge is 2.55. The summed E-state index contributed by atoms with van der Waals surface area (Å²) in [6.07, 6.45) is 9.28. The Kier molecular flexibility index (Phi) is 6.78. The average Bonchev–Trinajstić information content (AvgIpc) is 3.41. The van der Waals surface area contributed by atoms with E-state index in [2.05, 4.69) is 25.4 Å². The number of halogens is 1. The maximum absolute atomic E-state index is 14.4. The monoisotopic (exact) mass is 552 g/mol. The number of piperidine rings is 1. The van der Waals surface area contributed by atoms with Crippen molar-refractivity contribution >= 4 is 17.7 Å². The van der Waals surface area contributed by atoms with Gasteiger partial charge in [0.25, 0.3) is 5.91 Å². The molecular weight excluding hydrogens is 515 g/mol. The zero-order valence-corrected chi connectivity index (χ0v) is 23.2. The molecule has 2 aliphatic heterocycles. The van der Waals surface area contributed by atoms with Crippen molar-refractivity contribution in [2.24, 2.45) is 5.92 Å². The van der Waals surface area contributed by atoms with Gasteiger partial charge in [0.1, 0.15) is 0 Å². The van der Waals surface area contributed by atoms with Gasteiger partial charge in [-0.2, -0.15) is 5.10 Å². The van der Waals surface area contributed by atoms with E-state index in [0.717, 1.165) is 57.7 Å². The number of H-pyrrole nitrogens is 1. The largest absolute Gasteiger partial charge is 0.481 e. The number of methoxy groups -OCH3 is 1. The van der Waals surface area contributed by atoms with Crippen molar-refractivity contribution < 1.29 is 23.5 Å². The van der Waals surface area contributed by atoms with Crippen LogP contribution in [-0.4, -0.2) is 80.0 Å². The van der Waals surface area contributed by atoms with E-state index in [1.165, 1.54) is 13.2 Å². The summed E-state index contributed by atoms with van der Waals surface area (Å²) in [5, 5.41) is 10.3. The third-order valence-corrected chi connectivity index (χ3v) is 9.73. The summed E-state index contributed by atoms with van der Waals surface area (Å²) >= 11 is 0. The van der Waals surface area contributed by atoms with E-state index in [1.807, 2.05) is 11.8 Å². The Morgan fingerprint density at radius 2 is 1.93 bits per heavy atom. The number of pyridine rings is 1. The molecule has 0 aromatic carbocycles. The van der Waals surface area contributed by atoms with Crippen molar-refractivity contribution in [1.82, 2.24) is 30.3 Å². The smallest absolute Gasteiger partial charge is 0.274 e. The van der Waals surface area contributed by atoms with Gasteiger partial charge in [-0.3, -0.25) is 19.5 Å². The lowest BCUT2D eigenvalue weighted by atomic mass is 9.77. The fraction of sp³-hybridized carbons (Fsp3) is 0.621. The highest BCUT2D eigenvalue weighted by Crippen LogP contribution is 2.51. The van der Waals surface area contributed by atoms with Gasteiger partial charge < -0.3 is 19.9 Å². The molecule has 6 rings (SSSR count). The number of aromatic nitrogens is 3. The third-order valence-electron chi connectivity index (χ3n) is 9.73. The molecule has 0 bridgehead atoms. The fourth-order valence-corrected chi connectivity index (χ4v) is 7.32. The van der Waals surface area contributed by atoms with Crippen molar-refractivity contribution in [3.63, 3.8) is 0 Å². The summed E-state index contributed by atoms with van der Waals surface area (Å²) in [5.41, 5.74) is 0.494. The van der Waals surface area contributed by atoms with Crippen LogP contribution in [0.5, 0.6) is 5.88 Å². The van der Waals surface area contributed by atoms with Crippen molar-refractivity contribution in [3.05, 3.63) is 29.8 Å². The molecule has 4 aliphatic rings. The summed E-state index contributed by atoms with van der Waals surface area (Å²) in [7, 11) is 1.45. The molecule has 11 heteroatoms. The van der Waals surface area contributed by atoms with Crippen LogP contribution in [0, 0.1) is 11.7 Å². The zero-order chi connectivity index (χ0) is 28.1. The Morgan fingerprint density at radius 1 is 1.15 bits per heavy atom. The second-order valence-corrected chi connectivity index (χ2v) is 11.9. The molecule has 4 fully saturated rings. The number of amides is 3. The van der Waals surface area contributed by atoms with Crippen LogP contribution in [0.25, 0.3) is 11.3 Å². The fourth-order valence-electron chi connectivity index (χ4n) is 7.32. The van der Waals surface area contributed by atoms with Gasteiger partial charge in [-0.25, -0.2) is 9.37 Å². The summed E-state index contributed by atoms with van der Waals surface area (Å²) in [6, 6.07) is 3.16. The maximum Gasteiger partial charge on any atom is 0.274 e. The lowest BCUT2D eigenvalue weighted by Crippen LogP contribution is -2.54. The quantitative estimate of drug-likeness (QED) is 0.567. The summed E-state index contributed by atoms with van der Waals surface area (Å²) < 4.78 is 19.5. The molecule has 2 saturated heterocycles. The van der Waals surface area contributed by atoms with Gasteiger partial charge in [0.15, 0.2) is 11.5 Å². The molecule has 2 aliphatic carbocycles. The first-order valence-electron chi connectivity index (χ1n) is 14.5. The van der Waals surface area contributed by atoms with Crippen LogP contribution in [0.1, 0.15) is 81.6 Å². The van der Waals surface area contributed by atoms with Crippen molar-refractivity contribution in [2.75, 3.05) is 20.2 Å². The van der Waals surface area contributed by atoms with Crippen molar-refractivity contribution in [3.8, 4) is 17.1 Å². The number of hydrogen-bond acceptors (Lipinski definition) is 6. The predicted molar refractivity (Wildman–Crippen MR) is 144 cm³/mol. The molecule has 2 saturated carbocycles. The molecule has 0 unspecified atom stereocenters. The Hall–Kier alpha value is -3.50. The number of likely N-dealkylation sites (tertiary alicyclic amines) is 2. The Labute approximate surface area is 233 Å². The molecule has 0 radical (unpaired) electrons. The van der Waals surface area contributed by atoms with E-state index >= 15 is 0 Å².